The van der Waals surface area contributed by atoms with E-state index >= 15 is 0 Å². The van der Waals surface area contributed by atoms with Crippen molar-refractivity contribution in [1.82, 2.24) is 10.3 Å². The van der Waals surface area contributed by atoms with E-state index in [-0.39, 0.29) is 17.9 Å². The number of hydrogen-bond donors (Lipinski definition) is 3. The van der Waals surface area contributed by atoms with Crippen molar-refractivity contribution in [2.75, 3.05) is 18.5 Å². The van der Waals surface area contributed by atoms with E-state index < -0.39 is 0 Å². The van der Waals surface area contributed by atoms with Crippen LogP contribution < -0.4 is 10.6 Å². The van der Waals surface area contributed by atoms with Gasteiger partial charge in [-0.25, -0.2) is 4.79 Å². The molecule has 1 aromatic carbocycles. The van der Waals surface area contributed by atoms with Gasteiger partial charge in [0.05, 0.1) is 12.6 Å². The lowest BCUT2D eigenvalue weighted by molar-refractivity contribution is -0.119. The van der Waals surface area contributed by atoms with Gasteiger partial charge in [0.1, 0.15) is 5.69 Å². The zero-order chi connectivity index (χ0) is 19.5. The number of ether oxygens (including phenoxy) is 1. The van der Waals surface area contributed by atoms with Crippen molar-refractivity contribution in [1.29, 1.82) is 0 Å². The summed E-state index contributed by atoms with van der Waals surface area (Å²) in [4.78, 5) is 27.9. The number of aromatic nitrogens is 1. The molecule has 2 atom stereocenters. The average Bonchev–Trinajstić information content (AvgIpc) is 3.36. The Hall–Kier alpha value is -2.34. The lowest BCUT2D eigenvalue weighted by Gasteiger charge is -2.30. The van der Waals surface area contributed by atoms with Gasteiger partial charge in [0.2, 0.25) is 5.91 Å². The van der Waals surface area contributed by atoms with Crippen molar-refractivity contribution >= 4 is 28.5 Å². The van der Waals surface area contributed by atoms with Crippen LogP contribution in [0.25, 0.3) is 10.9 Å². The van der Waals surface area contributed by atoms with Gasteiger partial charge >= 0.3 is 5.97 Å². The molecule has 0 spiro atoms. The van der Waals surface area contributed by atoms with Crippen molar-refractivity contribution in [3.8, 4) is 0 Å². The van der Waals surface area contributed by atoms with Gasteiger partial charge < -0.3 is 20.4 Å². The maximum absolute atomic E-state index is 12.9. The number of amides is 1. The van der Waals surface area contributed by atoms with Crippen LogP contribution in [0.15, 0.2) is 24.3 Å². The second kappa shape index (κ2) is 8.35. The van der Waals surface area contributed by atoms with Crippen molar-refractivity contribution in [3.05, 3.63) is 30.0 Å². The number of esters is 1. The van der Waals surface area contributed by atoms with Crippen LogP contribution >= 0.6 is 0 Å². The van der Waals surface area contributed by atoms with Crippen molar-refractivity contribution in [3.63, 3.8) is 0 Å². The van der Waals surface area contributed by atoms with Gasteiger partial charge in [-0.2, -0.15) is 0 Å². The number of aromatic amines is 1. The third kappa shape index (κ3) is 3.92. The summed E-state index contributed by atoms with van der Waals surface area (Å²) in [7, 11) is 0. The highest BCUT2D eigenvalue weighted by Crippen LogP contribution is 2.36. The van der Waals surface area contributed by atoms with Crippen LogP contribution in [0.1, 0.15) is 55.9 Å². The Morgan fingerprint density at radius 3 is 2.75 bits per heavy atom. The highest BCUT2D eigenvalue weighted by atomic mass is 16.5. The highest BCUT2D eigenvalue weighted by molar-refractivity contribution is 5.99. The summed E-state index contributed by atoms with van der Waals surface area (Å²) in [6, 6.07) is 7.31. The monoisotopic (exact) mass is 383 g/mol. The summed E-state index contributed by atoms with van der Waals surface area (Å²) in [6.45, 7) is 3.04. The van der Waals surface area contributed by atoms with E-state index in [1.165, 1.54) is 32.1 Å². The van der Waals surface area contributed by atoms with Gasteiger partial charge in [-0.1, -0.05) is 32.1 Å². The number of benzene rings is 1. The van der Waals surface area contributed by atoms with Crippen molar-refractivity contribution < 1.29 is 14.3 Å². The topological polar surface area (TPSA) is 83.2 Å². The third-order valence-electron chi connectivity index (χ3n) is 6.19. The summed E-state index contributed by atoms with van der Waals surface area (Å²) in [6.07, 6.45) is 7.51. The molecule has 3 N–H and O–H groups in total. The van der Waals surface area contributed by atoms with Gasteiger partial charge in [-0.3, -0.25) is 4.79 Å². The molecule has 4 rings (SSSR count). The molecule has 1 saturated carbocycles. The molecule has 2 fully saturated rings. The molecule has 28 heavy (non-hydrogen) atoms. The zero-order valence-electron chi connectivity index (χ0n) is 16.4. The first-order valence-corrected chi connectivity index (χ1v) is 10.5. The molecule has 1 saturated heterocycles. The SMILES string of the molecule is CCOC(=O)c1cc2cc(NC(=O)C3NCCC3C3CCCCC3)ccc2[nH]1. The van der Waals surface area contributed by atoms with Crippen LogP contribution in [0.5, 0.6) is 0 Å². The average molecular weight is 383 g/mol. The predicted molar refractivity (Wildman–Crippen MR) is 109 cm³/mol. The number of carbonyl (C=O) groups excluding carboxylic acids is 2. The first kappa shape index (κ1) is 19.0. The van der Waals surface area contributed by atoms with E-state index in [1.807, 2.05) is 18.2 Å². The van der Waals surface area contributed by atoms with Crippen LogP contribution in [0.2, 0.25) is 0 Å². The van der Waals surface area contributed by atoms with Crippen LogP contribution in [0, 0.1) is 11.8 Å². The molecule has 1 aliphatic carbocycles. The first-order valence-electron chi connectivity index (χ1n) is 10.5. The summed E-state index contributed by atoms with van der Waals surface area (Å²) in [5.41, 5.74) is 2.03. The minimum atomic E-state index is -0.366. The molecular weight excluding hydrogens is 354 g/mol. The molecule has 6 heteroatoms. The van der Waals surface area contributed by atoms with E-state index in [9.17, 15) is 9.59 Å². The molecule has 1 aromatic heterocycles. The zero-order valence-corrected chi connectivity index (χ0v) is 16.4. The number of H-pyrrole nitrogens is 1. The summed E-state index contributed by atoms with van der Waals surface area (Å²) < 4.78 is 5.04. The van der Waals surface area contributed by atoms with E-state index in [1.54, 1.807) is 13.0 Å². The van der Waals surface area contributed by atoms with Gasteiger partial charge in [0, 0.05) is 16.6 Å². The number of rotatable bonds is 5. The van der Waals surface area contributed by atoms with Gasteiger partial charge in [0.25, 0.3) is 0 Å². The molecule has 2 aliphatic rings. The minimum Gasteiger partial charge on any atom is -0.461 e. The second-order valence-corrected chi connectivity index (χ2v) is 7.98. The fourth-order valence-corrected chi connectivity index (χ4v) is 4.83. The Morgan fingerprint density at radius 2 is 1.96 bits per heavy atom. The first-order chi connectivity index (χ1) is 13.7. The maximum Gasteiger partial charge on any atom is 0.354 e. The quantitative estimate of drug-likeness (QED) is 0.685. The summed E-state index contributed by atoms with van der Waals surface area (Å²) in [5, 5.41) is 7.37. The molecule has 0 bridgehead atoms. The van der Waals surface area contributed by atoms with Crippen molar-refractivity contribution in [2.24, 2.45) is 11.8 Å². The molecular formula is C22H29N3O3. The smallest absolute Gasteiger partial charge is 0.354 e. The van der Waals surface area contributed by atoms with Crippen LogP contribution in [-0.2, 0) is 9.53 Å². The second-order valence-electron chi connectivity index (χ2n) is 7.98. The maximum atomic E-state index is 12.9. The van der Waals surface area contributed by atoms with Gasteiger partial charge in [0.15, 0.2) is 0 Å². The Labute approximate surface area is 165 Å². The summed E-state index contributed by atoms with van der Waals surface area (Å²) in [5.74, 6) is 0.786. The molecule has 2 heterocycles. The normalized spacial score (nSPS) is 23.0. The van der Waals surface area contributed by atoms with Crippen LogP contribution in [-0.4, -0.2) is 36.1 Å². The molecule has 2 aromatic rings. The highest BCUT2D eigenvalue weighted by Gasteiger charge is 2.38. The molecule has 1 aliphatic heterocycles. The lowest BCUT2D eigenvalue weighted by Crippen LogP contribution is -2.42. The van der Waals surface area contributed by atoms with E-state index in [2.05, 4.69) is 15.6 Å². The largest absolute Gasteiger partial charge is 0.461 e. The number of fused-ring (bicyclic) bond motifs is 1. The van der Waals surface area contributed by atoms with Gasteiger partial charge in [-0.15, -0.1) is 0 Å². The molecule has 150 valence electrons. The van der Waals surface area contributed by atoms with Crippen LogP contribution in [0.4, 0.5) is 5.69 Å². The number of hydrogen-bond acceptors (Lipinski definition) is 4. The Kier molecular flexibility index (Phi) is 5.67. The van der Waals surface area contributed by atoms with E-state index in [0.717, 1.165) is 29.6 Å². The fourth-order valence-electron chi connectivity index (χ4n) is 4.83. The van der Waals surface area contributed by atoms with E-state index in [4.69, 9.17) is 4.74 Å². The number of anilines is 1. The fraction of sp³-hybridized carbons (Fsp3) is 0.545. The molecule has 1 amide bonds. The molecule has 2 unspecified atom stereocenters. The lowest BCUT2D eigenvalue weighted by atomic mass is 9.76. The number of nitrogens with one attached hydrogen (secondary N) is 3. The van der Waals surface area contributed by atoms with Gasteiger partial charge in [-0.05, 0) is 56.0 Å². The summed E-state index contributed by atoms with van der Waals surface area (Å²) >= 11 is 0. The predicted octanol–water partition coefficient (Wildman–Crippen LogP) is 3.84. The molecule has 0 radical (unpaired) electrons. The van der Waals surface area contributed by atoms with Crippen molar-refractivity contribution in [2.45, 2.75) is 51.5 Å². The third-order valence-corrected chi connectivity index (χ3v) is 6.19. The Balaban J connectivity index is 1.46. The van der Waals surface area contributed by atoms with E-state index in [0.29, 0.717) is 24.1 Å². The Bertz CT molecular complexity index is 854. The molecule has 6 nitrogen and oxygen atoms in total. The standard InChI is InChI=1S/C22H29N3O3/c1-2-28-22(27)19-13-15-12-16(8-9-18(15)25-19)24-21(26)20-17(10-11-23-20)14-6-4-3-5-7-14/h8-9,12-14,17,20,23,25H,2-7,10-11H2,1H3,(H,24,26). The Morgan fingerprint density at radius 1 is 1.14 bits per heavy atom. The van der Waals surface area contributed by atoms with Crippen LogP contribution in [0.3, 0.4) is 0 Å². The number of carbonyl (C=O) groups is 2. The minimum absolute atomic E-state index is 0.0496.